The molecule has 1 aromatic rings. The zero-order valence-corrected chi connectivity index (χ0v) is 17.0. The third kappa shape index (κ3) is 8.72. The van der Waals surface area contributed by atoms with Crippen molar-refractivity contribution in [2.75, 3.05) is 20.1 Å². The van der Waals surface area contributed by atoms with Gasteiger partial charge in [-0.2, -0.15) is 4.98 Å². The zero-order chi connectivity index (χ0) is 16.8. The summed E-state index contributed by atoms with van der Waals surface area (Å²) >= 11 is 0. The zero-order valence-electron chi connectivity index (χ0n) is 14.6. The third-order valence-electron chi connectivity index (χ3n) is 2.53. The summed E-state index contributed by atoms with van der Waals surface area (Å²) in [5.41, 5.74) is -0.254. The first-order valence-corrected chi connectivity index (χ1v) is 7.31. The number of hydrogen-bond donors (Lipinski definition) is 2. The highest BCUT2D eigenvalue weighted by atomic mass is 127. The number of aryl methyl sites for hydroxylation is 1. The molecule has 23 heavy (non-hydrogen) atoms. The first-order chi connectivity index (χ1) is 10.2. The van der Waals surface area contributed by atoms with Gasteiger partial charge in [-0.05, 0) is 27.7 Å². The second kappa shape index (κ2) is 9.68. The van der Waals surface area contributed by atoms with Crippen LogP contribution in [0.4, 0.5) is 0 Å². The smallest absolute Gasteiger partial charge is 0.240 e. The van der Waals surface area contributed by atoms with Crippen LogP contribution in [0.2, 0.25) is 0 Å². The summed E-state index contributed by atoms with van der Waals surface area (Å²) in [6.07, 6.45) is 0. The number of likely N-dealkylation sites (N-methyl/N-ethyl adjacent to an activating group) is 1. The van der Waals surface area contributed by atoms with Gasteiger partial charge in [0.25, 0.3) is 0 Å². The molecule has 0 bridgehead atoms. The standard InChI is InChI=1S/C14H26N6O2.HI/c1-7-15-13(16-8-11-17-10(2)22-19-11)20(6)9-12(21)18-14(3,4)5;/h7-9H2,1-6H3,(H,15,16)(H,18,21);1H. The van der Waals surface area contributed by atoms with Gasteiger partial charge in [-0.3, -0.25) is 4.79 Å². The molecule has 1 aromatic heterocycles. The van der Waals surface area contributed by atoms with E-state index in [4.69, 9.17) is 4.52 Å². The molecule has 0 aliphatic carbocycles. The number of carbonyl (C=O) groups excluding carboxylic acids is 1. The predicted molar refractivity (Wildman–Crippen MR) is 99.8 cm³/mol. The number of nitrogens with zero attached hydrogens (tertiary/aromatic N) is 4. The van der Waals surface area contributed by atoms with E-state index in [0.29, 0.717) is 30.8 Å². The normalized spacial score (nSPS) is 11.7. The van der Waals surface area contributed by atoms with Gasteiger partial charge >= 0.3 is 0 Å². The Morgan fingerprint density at radius 3 is 2.52 bits per heavy atom. The van der Waals surface area contributed by atoms with Gasteiger partial charge in [0.1, 0.15) is 6.54 Å². The first kappa shape index (κ1) is 21.6. The molecule has 0 aliphatic rings. The van der Waals surface area contributed by atoms with Crippen LogP contribution >= 0.6 is 24.0 Å². The van der Waals surface area contributed by atoms with Gasteiger partial charge in [-0.15, -0.1) is 24.0 Å². The van der Waals surface area contributed by atoms with E-state index in [-0.39, 0.29) is 42.0 Å². The van der Waals surface area contributed by atoms with Crippen molar-refractivity contribution in [2.24, 2.45) is 4.99 Å². The van der Waals surface area contributed by atoms with Gasteiger partial charge in [0.05, 0.1) is 6.54 Å². The van der Waals surface area contributed by atoms with E-state index in [1.54, 1.807) is 11.8 Å². The van der Waals surface area contributed by atoms with E-state index >= 15 is 0 Å². The lowest BCUT2D eigenvalue weighted by molar-refractivity contribution is -0.122. The Hall–Kier alpha value is -1.39. The number of halogens is 1. The fourth-order valence-electron chi connectivity index (χ4n) is 1.77. The molecular weight excluding hydrogens is 411 g/mol. The number of amides is 1. The molecular formula is C14H27IN6O2. The van der Waals surface area contributed by atoms with Crippen LogP contribution in [-0.2, 0) is 11.3 Å². The highest BCUT2D eigenvalue weighted by molar-refractivity contribution is 14.0. The maximum Gasteiger partial charge on any atom is 0.240 e. The predicted octanol–water partition coefficient (Wildman–Crippen LogP) is 1.31. The molecule has 0 spiro atoms. The highest BCUT2D eigenvalue weighted by Crippen LogP contribution is 2.00. The molecule has 132 valence electrons. The summed E-state index contributed by atoms with van der Waals surface area (Å²) in [5, 5.41) is 9.86. The van der Waals surface area contributed by atoms with Crippen LogP contribution in [0.5, 0.6) is 0 Å². The van der Waals surface area contributed by atoms with Crippen LogP contribution < -0.4 is 10.6 Å². The molecule has 0 saturated carbocycles. The van der Waals surface area contributed by atoms with Gasteiger partial charge in [-0.25, -0.2) is 4.99 Å². The monoisotopic (exact) mass is 438 g/mol. The Kier molecular flexibility index (Phi) is 9.10. The van der Waals surface area contributed by atoms with Crippen molar-refractivity contribution in [1.29, 1.82) is 0 Å². The van der Waals surface area contributed by atoms with Gasteiger partial charge < -0.3 is 20.1 Å². The Labute approximate surface area is 154 Å². The Morgan fingerprint density at radius 2 is 2.04 bits per heavy atom. The SMILES string of the molecule is CCNC(=NCc1noc(C)n1)N(C)CC(=O)NC(C)(C)C.I. The Balaban J connectivity index is 0.00000484. The molecule has 0 aliphatic heterocycles. The minimum absolute atomic E-state index is 0. The van der Waals surface area contributed by atoms with Gasteiger partial charge in [-0.1, -0.05) is 5.16 Å². The van der Waals surface area contributed by atoms with Crippen LogP contribution in [-0.4, -0.2) is 52.6 Å². The lowest BCUT2D eigenvalue weighted by Gasteiger charge is -2.25. The van der Waals surface area contributed by atoms with Crippen molar-refractivity contribution >= 4 is 35.8 Å². The van der Waals surface area contributed by atoms with Crippen LogP contribution in [0.15, 0.2) is 9.52 Å². The maximum atomic E-state index is 12.0. The van der Waals surface area contributed by atoms with E-state index in [9.17, 15) is 4.79 Å². The first-order valence-electron chi connectivity index (χ1n) is 7.31. The second-order valence-corrected chi connectivity index (χ2v) is 6.05. The molecule has 0 fully saturated rings. The Morgan fingerprint density at radius 1 is 1.39 bits per heavy atom. The number of guanidine groups is 1. The summed E-state index contributed by atoms with van der Waals surface area (Å²) in [7, 11) is 1.81. The van der Waals surface area contributed by atoms with Gasteiger partial charge in [0.15, 0.2) is 11.8 Å². The number of carbonyl (C=O) groups is 1. The van der Waals surface area contributed by atoms with Crippen LogP contribution in [0.1, 0.15) is 39.4 Å². The fourth-order valence-corrected chi connectivity index (χ4v) is 1.77. The van der Waals surface area contributed by atoms with Crippen molar-refractivity contribution < 1.29 is 9.32 Å². The van der Waals surface area contributed by atoms with Crippen molar-refractivity contribution in [3.8, 4) is 0 Å². The minimum atomic E-state index is -0.254. The van der Waals surface area contributed by atoms with Crippen molar-refractivity contribution in [1.82, 2.24) is 25.7 Å². The summed E-state index contributed by atoms with van der Waals surface area (Å²) in [5.74, 6) is 1.58. The highest BCUT2D eigenvalue weighted by Gasteiger charge is 2.16. The lowest BCUT2D eigenvalue weighted by Crippen LogP contribution is -2.48. The number of rotatable bonds is 5. The van der Waals surface area contributed by atoms with Crippen molar-refractivity contribution in [2.45, 2.75) is 46.7 Å². The molecule has 0 unspecified atom stereocenters. The van der Waals surface area contributed by atoms with Gasteiger partial charge in [0.2, 0.25) is 11.8 Å². The van der Waals surface area contributed by atoms with E-state index in [2.05, 4.69) is 25.8 Å². The van der Waals surface area contributed by atoms with Crippen LogP contribution in [0, 0.1) is 6.92 Å². The molecule has 9 heteroatoms. The third-order valence-corrected chi connectivity index (χ3v) is 2.53. The molecule has 8 nitrogen and oxygen atoms in total. The molecule has 0 radical (unpaired) electrons. The summed E-state index contributed by atoms with van der Waals surface area (Å²) in [6, 6.07) is 0. The molecule has 2 N–H and O–H groups in total. The van der Waals surface area contributed by atoms with E-state index < -0.39 is 0 Å². The summed E-state index contributed by atoms with van der Waals surface area (Å²) in [6.45, 7) is 10.8. The molecule has 0 saturated heterocycles. The topological polar surface area (TPSA) is 95.7 Å². The molecule has 0 atom stereocenters. The number of nitrogens with one attached hydrogen (secondary N) is 2. The van der Waals surface area contributed by atoms with Crippen molar-refractivity contribution in [3.05, 3.63) is 11.7 Å². The second-order valence-electron chi connectivity index (χ2n) is 6.05. The van der Waals surface area contributed by atoms with Crippen LogP contribution in [0.3, 0.4) is 0 Å². The fraction of sp³-hybridized carbons (Fsp3) is 0.714. The van der Waals surface area contributed by atoms with E-state index in [1.807, 2.05) is 34.7 Å². The lowest BCUT2D eigenvalue weighted by atomic mass is 10.1. The molecule has 0 aromatic carbocycles. The average Bonchev–Trinajstić information content (AvgIpc) is 2.77. The minimum Gasteiger partial charge on any atom is -0.357 e. The van der Waals surface area contributed by atoms with Crippen LogP contribution in [0.25, 0.3) is 0 Å². The quantitative estimate of drug-likeness (QED) is 0.409. The maximum absolute atomic E-state index is 12.0. The number of aromatic nitrogens is 2. The molecule has 1 rings (SSSR count). The van der Waals surface area contributed by atoms with Gasteiger partial charge in [0, 0.05) is 26.1 Å². The largest absolute Gasteiger partial charge is 0.357 e. The van der Waals surface area contributed by atoms with E-state index in [0.717, 1.165) is 0 Å². The molecule has 1 amide bonds. The summed E-state index contributed by atoms with van der Waals surface area (Å²) < 4.78 is 4.91. The van der Waals surface area contributed by atoms with E-state index in [1.165, 1.54) is 0 Å². The number of aliphatic imine (C=N–C) groups is 1. The molecule has 1 heterocycles. The average molecular weight is 438 g/mol. The summed E-state index contributed by atoms with van der Waals surface area (Å²) in [4.78, 5) is 22.3. The Bertz CT molecular complexity index is 524. The van der Waals surface area contributed by atoms with Crippen molar-refractivity contribution in [3.63, 3.8) is 0 Å². The number of hydrogen-bond acceptors (Lipinski definition) is 5.